The number of aliphatic hydroxyl groups is 1. The Kier molecular flexibility index (Phi) is 27.3. The van der Waals surface area contributed by atoms with Crippen LogP contribution >= 0.6 is 46.6 Å². The van der Waals surface area contributed by atoms with Gasteiger partial charge in [0.15, 0.2) is 0 Å². The van der Waals surface area contributed by atoms with Gasteiger partial charge in [-0.2, -0.15) is 13.2 Å². The molecule has 5 fully saturated rings. The van der Waals surface area contributed by atoms with E-state index in [1.165, 1.54) is 45.5 Å². The van der Waals surface area contributed by atoms with E-state index in [2.05, 4.69) is 64.3 Å². The number of hydrogen-bond donors (Lipinski definition) is 5. The second-order valence-electron chi connectivity index (χ2n) is 31.7. The van der Waals surface area contributed by atoms with E-state index in [-0.39, 0.29) is 64.6 Å². The van der Waals surface area contributed by atoms with Crippen molar-refractivity contribution in [2.75, 3.05) is 121 Å². The van der Waals surface area contributed by atoms with Crippen molar-refractivity contribution in [3.63, 3.8) is 0 Å². The van der Waals surface area contributed by atoms with Crippen molar-refractivity contribution in [2.45, 2.75) is 150 Å². The number of benzene rings is 5. The normalized spacial score (nSPS) is 22.3. The summed E-state index contributed by atoms with van der Waals surface area (Å²) >= 11 is 10.3. The second kappa shape index (κ2) is 36.4. The molecule has 6 aliphatic rings. The number of aromatic nitrogens is 1. The van der Waals surface area contributed by atoms with Gasteiger partial charge in [0.2, 0.25) is 23.6 Å². The predicted molar refractivity (Wildman–Crippen MR) is 430 cm³/mol. The minimum absolute atomic E-state index is 0.0169. The fourth-order valence-corrected chi connectivity index (χ4v) is 19.7. The van der Waals surface area contributed by atoms with Gasteiger partial charge in [0.05, 0.1) is 47.1 Å². The molecule has 5 heterocycles. The largest absolute Gasteiger partial charge is 0.501 e. The van der Waals surface area contributed by atoms with Gasteiger partial charge >= 0.3 is 5.51 Å². The third kappa shape index (κ3) is 20.8. The number of thioether (sulfide) groups is 1. The number of likely N-dealkylation sites (tertiary alicyclic amines) is 1. The molecule has 6 aromatic rings. The number of sulfone groups is 1. The molecule has 5 N–H and O–H groups in total. The SMILES string of the molecule is Cc1ncsc1-c1ccc([C@H](C)NC(=O)[C@@H]2C[C@@H](O)CN2C(=O)C(NC(=O)C2CCC(C(=O)N3CCN(CC4(C)CCC(c5ccc(Cl)cc5)=C(CN5CCN(c6ccc(C(=O)NSc7ccc(N[C@H](CCN8CCOCC8)CSc8ccccc8)c(S(=O)(=O)C(F)(F)F)c7)cc6)CC5)C4)CC3)CC2)C(C)(C)C)cc1. The molecule has 20 nitrogen and oxygen atoms in total. The number of anilines is 2. The van der Waals surface area contributed by atoms with E-state index < -0.39 is 61.7 Å². The Bertz CT molecular complexity index is 4320. The van der Waals surface area contributed by atoms with Gasteiger partial charge in [-0.05, 0) is 177 Å². The number of halogens is 4. The number of aryl methyl sites for hydroxylation is 1. The molecule has 0 spiro atoms. The smallest absolute Gasteiger partial charge is 0.391 e. The summed E-state index contributed by atoms with van der Waals surface area (Å²) in [5.74, 6) is -1.50. The summed E-state index contributed by atoms with van der Waals surface area (Å²) in [6.45, 7) is 22.7. The third-order valence-electron chi connectivity index (χ3n) is 22.6. The first-order valence-electron chi connectivity index (χ1n) is 38.4. The summed E-state index contributed by atoms with van der Waals surface area (Å²) in [7, 11) is -5.81. The number of allylic oxidation sites excluding steroid dienone is 1. The van der Waals surface area contributed by atoms with Crippen LogP contribution in [-0.2, 0) is 33.8 Å². The maximum Gasteiger partial charge on any atom is 0.501 e. The zero-order valence-electron chi connectivity index (χ0n) is 63.5. The highest BCUT2D eigenvalue weighted by Gasteiger charge is 2.49. The van der Waals surface area contributed by atoms with Crippen LogP contribution in [0.4, 0.5) is 24.5 Å². The number of nitrogens with one attached hydrogen (secondary N) is 4. The van der Waals surface area contributed by atoms with Crippen LogP contribution in [0.3, 0.4) is 0 Å². The van der Waals surface area contributed by atoms with Crippen LogP contribution in [0.2, 0.25) is 5.02 Å². The molecule has 1 aromatic heterocycles. The summed E-state index contributed by atoms with van der Waals surface area (Å²) in [5.41, 5.74) is 3.45. The lowest BCUT2D eigenvalue weighted by molar-refractivity contribution is -0.145. The van der Waals surface area contributed by atoms with Crippen LogP contribution in [0, 0.1) is 29.6 Å². The van der Waals surface area contributed by atoms with Crippen molar-refractivity contribution in [3.8, 4) is 10.4 Å². The molecule has 0 radical (unpaired) electrons. The highest BCUT2D eigenvalue weighted by Crippen LogP contribution is 2.45. The first-order valence-corrected chi connectivity index (χ1v) is 42.9. The van der Waals surface area contributed by atoms with E-state index in [0.717, 1.165) is 135 Å². The summed E-state index contributed by atoms with van der Waals surface area (Å²) in [5, 5.41) is 20.9. The maximum atomic E-state index is 14.6. The number of aliphatic hydroxyl groups excluding tert-OH is 1. The highest BCUT2D eigenvalue weighted by molar-refractivity contribution is 7.99. The molecular formula is C82H103ClF3N11O9S4. The Morgan fingerprint density at radius 2 is 1.44 bits per heavy atom. The molecule has 5 amide bonds. The molecule has 110 heavy (non-hydrogen) atoms. The Morgan fingerprint density at radius 1 is 0.773 bits per heavy atom. The van der Waals surface area contributed by atoms with Crippen molar-refractivity contribution >= 4 is 103 Å². The molecule has 4 saturated heterocycles. The molecular weight excluding hydrogens is 1500 g/mol. The van der Waals surface area contributed by atoms with Crippen molar-refractivity contribution in [2.24, 2.45) is 22.7 Å². The van der Waals surface area contributed by atoms with E-state index in [4.69, 9.17) is 16.3 Å². The number of alkyl halides is 3. The number of ether oxygens (including phenoxy) is 1. The maximum absolute atomic E-state index is 14.6. The van der Waals surface area contributed by atoms with E-state index in [0.29, 0.717) is 81.3 Å². The summed E-state index contributed by atoms with van der Waals surface area (Å²) in [6.07, 6.45) is 4.72. The van der Waals surface area contributed by atoms with Crippen LogP contribution in [0.5, 0.6) is 0 Å². The molecule has 2 unspecified atom stereocenters. The second-order valence-corrected chi connectivity index (χ2v) is 36.9. The molecule has 592 valence electrons. The van der Waals surface area contributed by atoms with Crippen LogP contribution < -0.4 is 25.6 Å². The lowest BCUT2D eigenvalue weighted by Gasteiger charge is -2.44. The molecule has 28 heteroatoms. The average molecular weight is 1610 g/mol. The number of thiazole rings is 1. The Labute approximate surface area is 662 Å². The molecule has 6 atom stereocenters. The number of β-amino-alcohol motifs (C(OH)–C–C–N with tert-alkyl or cyclic N) is 1. The Morgan fingerprint density at radius 3 is 2.09 bits per heavy atom. The monoisotopic (exact) mass is 1610 g/mol. The number of carbonyl (C=O) groups is 5. The minimum Gasteiger partial charge on any atom is -0.391 e. The molecule has 4 aliphatic heterocycles. The Balaban J connectivity index is 0.600. The zero-order chi connectivity index (χ0) is 78.1. The fraction of sp³-hybridized carbons (Fsp3) is 0.512. The van der Waals surface area contributed by atoms with E-state index in [1.54, 1.807) is 23.5 Å². The van der Waals surface area contributed by atoms with Crippen LogP contribution in [0.1, 0.15) is 126 Å². The third-order valence-corrected chi connectivity index (χ3v) is 27.3. The number of morpholine rings is 1. The lowest BCUT2D eigenvalue weighted by Crippen LogP contribution is -2.58. The van der Waals surface area contributed by atoms with Crippen molar-refractivity contribution < 1.29 is 55.4 Å². The number of rotatable bonds is 26. The van der Waals surface area contributed by atoms with E-state index in [1.807, 2.05) is 124 Å². The molecule has 1 saturated carbocycles. The highest BCUT2D eigenvalue weighted by atomic mass is 35.5. The van der Waals surface area contributed by atoms with Gasteiger partial charge in [0.25, 0.3) is 15.7 Å². The van der Waals surface area contributed by atoms with Crippen molar-refractivity contribution in [1.82, 2.24) is 44.8 Å². The number of nitrogens with zero attached hydrogens (tertiary/aromatic N) is 7. The van der Waals surface area contributed by atoms with Gasteiger partial charge in [-0.25, -0.2) is 13.4 Å². The van der Waals surface area contributed by atoms with Crippen molar-refractivity contribution in [1.29, 1.82) is 0 Å². The molecule has 0 bridgehead atoms. The van der Waals surface area contributed by atoms with Crippen molar-refractivity contribution in [3.05, 3.63) is 160 Å². The van der Waals surface area contributed by atoms with Crippen LogP contribution in [0.15, 0.2) is 147 Å². The standard InChI is InChI=1S/C82H103ClF3N11O9S4/c1-54(56-12-14-58(15-13-56)73-55(2)87-53-108-73)88-77(101)71-46-66(98)50-97(71)79(103)74(80(3,4)5)90-75(99)59-16-18-61(19-17-59)78(102)96-40-36-94(37-41-96)52-81(6)32-30-69(57-20-24-63(83)25-21-57)62(48-81)49-93-34-38-95(39-35-93)65-26-22-60(23-27-65)76(100)91-109-68-28-29-70(72(47-68)110(104,105)82(84,85)86)89-64(31-33-92-42-44-106-45-43-92)51-107-67-10-8-7-9-11-67/h7-15,20-29,47,53-54,59,61,64,66,71,74,89,98H,16-19,30-46,48-52H2,1-6H3,(H,88,101)(H,90,99)(H,91,100)/t54-,59?,61?,64+,66+,71-,74?,81?/m0/s1. The van der Waals surface area contributed by atoms with Gasteiger partial charge in [0, 0.05) is 148 Å². The van der Waals surface area contributed by atoms with E-state index in [9.17, 15) is 50.7 Å². The van der Waals surface area contributed by atoms with Crippen LogP contribution in [0.25, 0.3) is 16.0 Å². The average Bonchev–Trinajstić information content (AvgIpc) is 0.879. The first-order chi connectivity index (χ1) is 52.5. The number of piperazine rings is 2. The summed E-state index contributed by atoms with van der Waals surface area (Å²) in [4.78, 5) is 89.2. The topological polar surface area (TPSA) is 229 Å². The summed E-state index contributed by atoms with van der Waals surface area (Å²) in [6, 6.07) is 34.1. The fourth-order valence-electron chi connectivity index (χ4n) is 16.2. The zero-order valence-corrected chi connectivity index (χ0v) is 67.6. The predicted octanol–water partition coefficient (Wildman–Crippen LogP) is 12.9. The first kappa shape index (κ1) is 82.4. The van der Waals surface area contributed by atoms with Gasteiger partial charge in [0.1, 0.15) is 17.0 Å². The molecule has 2 aliphatic carbocycles. The minimum atomic E-state index is -5.81. The number of hydrogen-bond acceptors (Lipinski definition) is 18. The summed E-state index contributed by atoms with van der Waals surface area (Å²) < 4.78 is 77.8. The Hall–Kier alpha value is -7.05. The quantitative estimate of drug-likeness (QED) is 0.0251. The molecule has 5 aromatic carbocycles. The number of amides is 5. The van der Waals surface area contributed by atoms with Gasteiger partial charge in [-0.15, -0.1) is 23.1 Å². The van der Waals surface area contributed by atoms with Gasteiger partial charge in [-0.3, -0.25) is 43.4 Å². The lowest BCUT2D eigenvalue weighted by atomic mass is 9.71. The van der Waals surface area contributed by atoms with Gasteiger partial charge < -0.3 is 40.5 Å². The van der Waals surface area contributed by atoms with Crippen LogP contribution in [-0.4, -0.2) is 213 Å². The number of carbonyl (C=O) groups excluding carboxylic acids is 5. The van der Waals surface area contributed by atoms with Gasteiger partial charge in [-0.1, -0.05) is 99.5 Å². The molecule has 12 rings (SSSR count). The van der Waals surface area contributed by atoms with E-state index >= 15 is 0 Å².